The van der Waals surface area contributed by atoms with E-state index in [1.807, 2.05) is 0 Å². The summed E-state index contributed by atoms with van der Waals surface area (Å²) in [5.74, 6) is 0.190. The Morgan fingerprint density at radius 3 is 2.92 bits per heavy atom. The fourth-order valence-electron chi connectivity index (χ4n) is 0.662. The van der Waals surface area contributed by atoms with E-state index in [4.69, 9.17) is 5.11 Å². The molecule has 0 radical (unpaired) electrons. The van der Waals surface area contributed by atoms with E-state index in [9.17, 15) is 4.79 Å². The fraction of sp³-hybridized carbons (Fsp3) is 0.857. The number of nitrogens with one attached hydrogen (secondary N) is 1. The van der Waals surface area contributed by atoms with Gasteiger partial charge in [0.15, 0.2) is 6.10 Å². The molecule has 0 rings (SSSR count). The van der Waals surface area contributed by atoms with Gasteiger partial charge in [-0.05, 0) is 18.7 Å². The maximum absolute atomic E-state index is 10.6. The lowest BCUT2D eigenvalue weighted by molar-refractivity contribution is -0.150. The topological polar surface area (TPSA) is 58.6 Å². The molecule has 0 spiro atoms. The smallest absolute Gasteiger partial charge is 0.336 e. The molecule has 2 N–H and O–H groups in total. The monoisotopic (exact) mass is 193 g/mol. The Morgan fingerprint density at radius 2 is 2.42 bits per heavy atom. The third kappa shape index (κ3) is 5.40. The lowest BCUT2D eigenvalue weighted by Gasteiger charge is -2.08. The van der Waals surface area contributed by atoms with E-state index in [0.717, 1.165) is 18.7 Å². The van der Waals surface area contributed by atoms with Crippen molar-refractivity contribution in [2.45, 2.75) is 12.5 Å². The Hall–Kier alpha value is -0.260. The van der Waals surface area contributed by atoms with Gasteiger partial charge in [-0.2, -0.15) is 12.6 Å². The molecule has 0 fully saturated rings. The molecule has 0 heterocycles. The van der Waals surface area contributed by atoms with Crippen molar-refractivity contribution in [1.82, 2.24) is 5.32 Å². The van der Waals surface area contributed by atoms with E-state index in [1.165, 1.54) is 7.11 Å². The van der Waals surface area contributed by atoms with Gasteiger partial charge in [0.05, 0.1) is 7.11 Å². The van der Waals surface area contributed by atoms with Crippen LogP contribution in [0.5, 0.6) is 0 Å². The van der Waals surface area contributed by atoms with Gasteiger partial charge >= 0.3 is 5.97 Å². The highest BCUT2D eigenvalue weighted by molar-refractivity contribution is 7.80. The second-order valence-corrected chi connectivity index (χ2v) is 2.77. The Labute approximate surface area is 77.7 Å². The van der Waals surface area contributed by atoms with Crippen molar-refractivity contribution >= 4 is 18.6 Å². The molecule has 12 heavy (non-hydrogen) atoms. The van der Waals surface area contributed by atoms with E-state index >= 15 is 0 Å². The molecule has 5 heteroatoms. The largest absolute Gasteiger partial charge is 0.467 e. The van der Waals surface area contributed by atoms with Crippen LogP contribution >= 0.6 is 12.6 Å². The number of hydrogen-bond acceptors (Lipinski definition) is 5. The first-order valence-electron chi connectivity index (χ1n) is 3.79. The zero-order valence-electron chi connectivity index (χ0n) is 7.12. The third-order valence-corrected chi connectivity index (χ3v) is 1.64. The second-order valence-electron chi connectivity index (χ2n) is 2.32. The summed E-state index contributed by atoms with van der Waals surface area (Å²) in [6.45, 7) is 0.984. The quantitative estimate of drug-likeness (QED) is 0.300. The summed E-state index contributed by atoms with van der Waals surface area (Å²) in [6.07, 6.45) is -0.147. The molecule has 0 amide bonds. The van der Waals surface area contributed by atoms with E-state index in [1.54, 1.807) is 0 Å². The van der Waals surface area contributed by atoms with Crippen LogP contribution in [0.25, 0.3) is 0 Å². The molecule has 4 nitrogen and oxygen atoms in total. The van der Waals surface area contributed by atoms with E-state index < -0.39 is 12.1 Å². The van der Waals surface area contributed by atoms with E-state index in [-0.39, 0.29) is 6.54 Å². The highest BCUT2D eigenvalue weighted by Crippen LogP contribution is 1.85. The first kappa shape index (κ1) is 11.7. The Balaban J connectivity index is 3.31. The molecule has 0 aliphatic rings. The molecule has 0 saturated heterocycles. The summed E-state index contributed by atoms with van der Waals surface area (Å²) in [4.78, 5) is 10.6. The molecule has 0 aliphatic heterocycles. The molecular formula is C7H15NO3S. The molecule has 0 aromatic rings. The molecule has 1 atom stereocenters. The minimum Gasteiger partial charge on any atom is -0.467 e. The lowest BCUT2D eigenvalue weighted by atomic mass is 10.3. The minimum absolute atomic E-state index is 0.237. The van der Waals surface area contributed by atoms with Crippen molar-refractivity contribution in [2.24, 2.45) is 0 Å². The molecule has 0 aromatic carbocycles. The maximum atomic E-state index is 10.6. The number of hydrogen-bond donors (Lipinski definition) is 3. The van der Waals surface area contributed by atoms with Crippen molar-refractivity contribution in [3.8, 4) is 0 Å². The first-order chi connectivity index (χ1) is 5.72. The highest BCUT2D eigenvalue weighted by Gasteiger charge is 2.13. The number of carbonyl (C=O) groups is 1. The third-order valence-electron chi connectivity index (χ3n) is 1.32. The second kappa shape index (κ2) is 7.39. The number of ether oxygens (including phenoxy) is 1. The number of thiol groups is 1. The van der Waals surface area contributed by atoms with Crippen LogP contribution in [0.4, 0.5) is 0 Å². The van der Waals surface area contributed by atoms with Crippen LogP contribution in [0, 0.1) is 0 Å². The number of esters is 1. The molecule has 0 saturated carbocycles. The zero-order chi connectivity index (χ0) is 9.40. The van der Waals surface area contributed by atoms with Gasteiger partial charge in [-0.1, -0.05) is 0 Å². The maximum Gasteiger partial charge on any atom is 0.336 e. The number of carbonyl (C=O) groups excluding carboxylic acids is 1. The van der Waals surface area contributed by atoms with Crippen LogP contribution in [0.3, 0.4) is 0 Å². The molecule has 72 valence electrons. The SMILES string of the molecule is COC(=O)C(O)CNCCCS. The minimum atomic E-state index is -1.06. The van der Waals surface area contributed by atoms with Gasteiger partial charge in [0, 0.05) is 6.54 Å². The molecule has 0 bridgehead atoms. The van der Waals surface area contributed by atoms with Crippen LogP contribution in [-0.4, -0.2) is 43.1 Å². The molecule has 1 unspecified atom stereocenters. The highest BCUT2D eigenvalue weighted by atomic mass is 32.1. The van der Waals surface area contributed by atoms with Gasteiger partial charge in [0.2, 0.25) is 0 Å². The summed E-state index contributed by atoms with van der Waals surface area (Å²) in [7, 11) is 1.25. The normalized spacial score (nSPS) is 12.6. The van der Waals surface area contributed by atoms with Gasteiger partial charge in [-0.15, -0.1) is 0 Å². The van der Waals surface area contributed by atoms with Crippen LogP contribution in [-0.2, 0) is 9.53 Å². The van der Waals surface area contributed by atoms with Crippen molar-refractivity contribution < 1.29 is 14.6 Å². The first-order valence-corrected chi connectivity index (χ1v) is 4.43. The summed E-state index contributed by atoms with van der Waals surface area (Å²) < 4.78 is 4.32. The Kier molecular flexibility index (Phi) is 7.23. The van der Waals surface area contributed by atoms with E-state index in [2.05, 4.69) is 22.7 Å². The Morgan fingerprint density at radius 1 is 1.75 bits per heavy atom. The number of methoxy groups -OCH3 is 1. The van der Waals surface area contributed by atoms with E-state index in [0.29, 0.717) is 0 Å². The van der Waals surface area contributed by atoms with Gasteiger partial charge in [0.25, 0.3) is 0 Å². The summed E-state index contributed by atoms with van der Waals surface area (Å²) in [6, 6.07) is 0. The van der Waals surface area contributed by atoms with Gasteiger partial charge in [-0.25, -0.2) is 4.79 Å². The lowest BCUT2D eigenvalue weighted by Crippen LogP contribution is -2.34. The zero-order valence-corrected chi connectivity index (χ0v) is 8.01. The van der Waals surface area contributed by atoms with Crippen molar-refractivity contribution in [2.75, 3.05) is 26.0 Å². The van der Waals surface area contributed by atoms with Crippen molar-refractivity contribution in [3.05, 3.63) is 0 Å². The van der Waals surface area contributed by atoms with Crippen LogP contribution < -0.4 is 5.32 Å². The van der Waals surface area contributed by atoms with Gasteiger partial charge < -0.3 is 15.2 Å². The predicted octanol–water partition coefficient (Wildman–Crippen LogP) is -0.570. The number of aliphatic hydroxyl groups is 1. The van der Waals surface area contributed by atoms with Gasteiger partial charge in [-0.3, -0.25) is 0 Å². The predicted molar refractivity (Wildman–Crippen MR) is 49.4 cm³/mol. The average Bonchev–Trinajstić information content (AvgIpc) is 2.10. The number of aliphatic hydroxyl groups excluding tert-OH is 1. The average molecular weight is 193 g/mol. The molecular weight excluding hydrogens is 178 g/mol. The Bertz CT molecular complexity index is 132. The molecule has 0 aromatic heterocycles. The van der Waals surface area contributed by atoms with Crippen LogP contribution in [0.2, 0.25) is 0 Å². The van der Waals surface area contributed by atoms with Crippen LogP contribution in [0.1, 0.15) is 6.42 Å². The number of rotatable bonds is 6. The summed E-state index contributed by atoms with van der Waals surface area (Å²) >= 11 is 4.01. The summed E-state index contributed by atoms with van der Waals surface area (Å²) in [5.41, 5.74) is 0. The standard InChI is InChI=1S/C7H15NO3S/c1-11-7(10)6(9)5-8-3-2-4-12/h6,8-9,12H,2-5H2,1H3. The van der Waals surface area contributed by atoms with Crippen LogP contribution in [0.15, 0.2) is 0 Å². The van der Waals surface area contributed by atoms with Crippen molar-refractivity contribution in [3.63, 3.8) is 0 Å². The van der Waals surface area contributed by atoms with Gasteiger partial charge in [0.1, 0.15) is 0 Å². The molecule has 0 aliphatic carbocycles. The van der Waals surface area contributed by atoms with Crippen molar-refractivity contribution in [1.29, 1.82) is 0 Å². The summed E-state index contributed by atoms with van der Waals surface area (Å²) in [5, 5.41) is 12.0. The fourth-order valence-corrected chi connectivity index (χ4v) is 0.820.